The normalized spacial score (nSPS) is 14.6. The summed E-state index contributed by atoms with van der Waals surface area (Å²) in [6.45, 7) is 7.60. The Morgan fingerprint density at radius 1 is 1.18 bits per heavy atom. The Hall–Kier alpha value is -0.470. The number of thioether (sulfide) groups is 1. The molecule has 1 nitrogen and oxygen atoms in total. The molecule has 96 valence electrons. The summed E-state index contributed by atoms with van der Waals surface area (Å²) in [5, 5.41) is 0. The average Bonchev–Trinajstić information content (AvgIpc) is 2.36. The quantitative estimate of drug-likeness (QED) is 0.732. The molecule has 1 aromatic carbocycles. The molecular weight excluding hydrogens is 226 g/mol. The van der Waals surface area contributed by atoms with Crippen LogP contribution in [0.25, 0.3) is 0 Å². The molecule has 0 aliphatic carbocycles. The first-order chi connectivity index (χ1) is 8.19. The molecule has 0 spiro atoms. The molecule has 0 heterocycles. The van der Waals surface area contributed by atoms with Crippen molar-refractivity contribution in [3.05, 3.63) is 29.8 Å². The Morgan fingerprint density at radius 3 is 2.35 bits per heavy atom. The minimum atomic E-state index is 0.601. The summed E-state index contributed by atoms with van der Waals surface area (Å²) in [7, 11) is 0. The molecule has 0 saturated heterocycles. The molecule has 0 aliphatic heterocycles. The summed E-state index contributed by atoms with van der Waals surface area (Å²) in [5.74, 6) is 2.47. The highest BCUT2D eigenvalue weighted by molar-refractivity contribution is 7.99. The van der Waals surface area contributed by atoms with Crippen LogP contribution in [0.5, 0.6) is 0 Å². The fraction of sp³-hybridized carbons (Fsp3) is 0.600. The van der Waals surface area contributed by atoms with Gasteiger partial charge in [0.2, 0.25) is 0 Å². The van der Waals surface area contributed by atoms with Gasteiger partial charge in [0, 0.05) is 4.90 Å². The zero-order valence-electron chi connectivity index (χ0n) is 11.3. The summed E-state index contributed by atoms with van der Waals surface area (Å²) in [4.78, 5) is 1.38. The lowest BCUT2D eigenvalue weighted by atomic mass is 9.87. The van der Waals surface area contributed by atoms with E-state index in [1.54, 1.807) is 0 Å². The number of nitrogens with two attached hydrogens (primary N) is 1. The Labute approximate surface area is 110 Å². The smallest absolute Gasteiger partial charge is 0.00721 e. The molecule has 0 amide bonds. The molecule has 2 unspecified atom stereocenters. The van der Waals surface area contributed by atoms with Gasteiger partial charge in [0.1, 0.15) is 0 Å². The molecule has 0 fully saturated rings. The van der Waals surface area contributed by atoms with E-state index >= 15 is 0 Å². The van der Waals surface area contributed by atoms with Gasteiger partial charge >= 0.3 is 0 Å². The predicted molar refractivity (Wildman–Crippen MR) is 78.7 cm³/mol. The molecule has 1 aromatic rings. The van der Waals surface area contributed by atoms with Gasteiger partial charge in [-0.05, 0) is 54.7 Å². The van der Waals surface area contributed by atoms with Gasteiger partial charge in [0.05, 0.1) is 0 Å². The highest BCUT2D eigenvalue weighted by atomic mass is 32.2. The standard InChI is InChI=1S/C15H25NS/c1-4-11-17-15-7-5-14(6-8-15)13(3)12(2)9-10-16/h5-8,12-13H,4,9-11,16H2,1-3H3. The van der Waals surface area contributed by atoms with E-state index in [2.05, 4.69) is 45.0 Å². The first-order valence-corrected chi connectivity index (χ1v) is 7.60. The van der Waals surface area contributed by atoms with Crippen LogP contribution in [0.1, 0.15) is 45.1 Å². The zero-order chi connectivity index (χ0) is 12.7. The molecular formula is C15H25NS. The van der Waals surface area contributed by atoms with Crippen LogP contribution in [-0.2, 0) is 0 Å². The van der Waals surface area contributed by atoms with Gasteiger partial charge in [-0.25, -0.2) is 0 Å². The average molecular weight is 251 g/mol. The van der Waals surface area contributed by atoms with Crippen LogP contribution >= 0.6 is 11.8 Å². The Kier molecular flexibility index (Phi) is 6.68. The number of benzene rings is 1. The lowest BCUT2D eigenvalue weighted by molar-refractivity contribution is 0.459. The van der Waals surface area contributed by atoms with Crippen LogP contribution in [0.15, 0.2) is 29.2 Å². The summed E-state index contributed by atoms with van der Waals surface area (Å²) in [6, 6.07) is 9.05. The Balaban J connectivity index is 2.60. The predicted octanol–water partition coefficient (Wildman–Crippen LogP) is 4.28. The van der Waals surface area contributed by atoms with Crippen molar-refractivity contribution in [3.63, 3.8) is 0 Å². The molecule has 2 N–H and O–H groups in total. The second-order valence-electron chi connectivity index (χ2n) is 4.76. The lowest BCUT2D eigenvalue weighted by Gasteiger charge is -2.19. The second-order valence-corrected chi connectivity index (χ2v) is 5.93. The zero-order valence-corrected chi connectivity index (χ0v) is 12.1. The van der Waals surface area contributed by atoms with E-state index in [9.17, 15) is 0 Å². The van der Waals surface area contributed by atoms with Crippen molar-refractivity contribution in [3.8, 4) is 0 Å². The third-order valence-corrected chi connectivity index (χ3v) is 4.57. The maximum absolute atomic E-state index is 5.62. The minimum Gasteiger partial charge on any atom is -0.330 e. The van der Waals surface area contributed by atoms with Gasteiger partial charge in [-0.3, -0.25) is 0 Å². The monoisotopic (exact) mass is 251 g/mol. The van der Waals surface area contributed by atoms with Gasteiger partial charge in [0.25, 0.3) is 0 Å². The first-order valence-electron chi connectivity index (χ1n) is 6.61. The van der Waals surface area contributed by atoms with Crippen LogP contribution in [0.4, 0.5) is 0 Å². The third-order valence-electron chi connectivity index (χ3n) is 3.35. The molecule has 1 rings (SSSR count). The fourth-order valence-electron chi connectivity index (χ4n) is 1.93. The SMILES string of the molecule is CCCSc1ccc(C(C)C(C)CCN)cc1. The summed E-state index contributed by atoms with van der Waals surface area (Å²) in [6.07, 6.45) is 2.34. The molecule has 2 heteroatoms. The summed E-state index contributed by atoms with van der Waals surface area (Å²) in [5.41, 5.74) is 7.06. The number of hydrogen-bond donors (Lipinski definition) is 1. The largest absolute Gasteiger partial charge is 0.330 e. The molecule has 0 aliphatic rings. The van der Waals surface area contributed by atoms with Gasteiger partial charge in [-0.1, -0.05) is 32.9 Å². The molecule has 0 bridgehead atoms. The summed E-state index contributed by atoms with van der Waals surface area (Å²) >= 11 is 1.94. The maximum atomic E-state index is 5.62. The first kappa shape index (κ1) is 14.6. The van der Waals surface area contributed by atoms with Crippen molar-refractivity contribution in [1.82, 2.24) is 0 Å². The van der Waals surface area contributed by atoms with E-state index in [0.717, 1.165) is 13.0 Å². The van der Waals surface area contributed by atoms with Crippen LogP contribution in [0, 0.1) is 5.92 Å². The van der Waals surface area contributed by atoms with E-state index in [0.29, 0.717) is 11.8 Å². The fourth-order valence-corrected chi connectivity index (χ4v) is 2.70. The van der Waals surface area contributed by atoms with Gasteiger partial charge in [0.15, 0.2) is 0 Å². The van der Waals surface area contributed by atoms with E-state index in [4.69, 9.17) is 5.73 Å². The van der Waals surface area contributed by atoms with Crippen molar-refractivity contribution in [2.45, 2.75) is 44.4 Å². The van der Waals surface area contributed by atoms with Crippen molar-refractivity contribution in [2.75, 3.05) is 12.3 Å². The van der Waals surface area contributed by atoms with Crippen molar-refractivity contribution in [1.29, 1.82) is 0 Å². The van der Waals surface area contributed by atoms with Gasteiger partial charge in [-0.15, -0.1) is 11.8 Å². The van der Waals surface area contributed by atoms with E-state index < -0.39 is 0 Å². The minimum absolute atomic E-state index is 0.601. The molecule has 0 aromatic heterocycles. The molecule has 2 atom stereocenters. The van der Waals surface area contributed by atoms with Gasteiger partial charge < -0.3 is 5.73 Å². The molecule has 0 radical (unpaired) electrons. The summed E-state index contributed by atoms with van der Waals surface area (Å²) < 4.78 is 0. The highest BCUT2D eigenvalue weighted by Gasteiger charge is 2.13. The van der Waals surface area contributed by atoms with Crippen LogP contribution < -0.4 is 5.73 Å². The van der Waals surface area contributed by atoms with E-state index in [1.165, 1.54) is 22.6 Å². The van der Waals surface area contributed by atoms with Crippen LogP contribution in [0.3, 0.4) is 0 Å². The lowest BCUT2D eigenvalue weighted by Crippen LogP contribution is -2.11. The Bertz CT molecular complexity index is 307. The van der Waals surface area contributed by atoms with Crippen LogP contribution in [-0.4, -0.2) is 12.3 Å². The molecule has 0 saturated carbocycles. The highest BCUT2D eigenvalue weighted by Crippen LogP contribution is 2.28. The molecule has 17 heavy (non-hydrogen) atoms. The van der Waals surface area contributed by atoms with Crippen molar-refractivity contribution in [2.24, 2.45) is 11.7 Å². The topological polar surface area (TPSA) is 26.0 Å². The second kappa shape index (κ2) is 7.78. The maximum Gasteiger partial charge on any atom is 0.00721 e. The Morgan fingerprint density at radius 2 is 1.82 bits per heavy atom. The van der Waals surface area contributed by atoms with Crippen LogP contribution in [0.2, 0.25) is 0 Å². The number of hydrogen-bond acceptors (Lipinski definition) is 2. The number of rotatable bonds is 7. The third kappa shape index (κ3) is 4.72. The van der Waals surface area contributed by atoms with Crippen molar-refractivity contribution < 1.29 is 0 Å². The van der Waals surface area contributed by atoms with Crippen molar-refractivity contribution >= 4 is 11.8 Å². The van der Waals surface area contributed by atoms with E-state index in [1.807, 2.05) is 11.8 Å². The van der Waals surface area contributed by atoms with Gasteiger partial charge in [-0.2, -0.15) is 0 Å². The van der Waals surface area contributed by atoms with E-state index in [-0.39, 0.29) is 0 Å².